The molecule has 0 atom stereocenters. The van der Waals surface area contributed by atoms with Crippen LogP contribution in [0, 0.1) is 0 Å². The first-order chi connectivity index (χ1) is 26.8. The maximum absolute atomic E-state index is 6.44. The van der Waals surface area contributed by atoms with Crippen molar-refractivity contribution in [2.75, 3.05) is 39.6 Å². The summed E-state index contributed by atoms with van der Waals surface area (Å²) in [5, 5.41) is 7.76. The molecule has 55 heavy (non-hydrogen) atoms. The van der Waals surface area contributed by atoms with Crippen molar-refractivity contribution in [3.8, 4) is 0 Å². The Kier molecular flexibility index (Phi) is 19.0. The van der Waals surface area contributed by atoms with E-state index >= 15 is 0 Å². The molecule has 0 N–H and O–H groups in total. The number of benzene rings is 6. The molecule has 0 radical (unpaired) electrons. The molecule has 3 heterocycles. The predicted octanol–water partition coefficient (Wildman–Crippen LogP) is 4.09. The molecule has 6 aromatic rings. The van der Waals surface area contributed by atoms with Crippen molar-refractivity contribution < 1.29 is 65.6 Å². The summed E-state index contributed by atoms with van der Waals surface area (Å²) in [7, 11) is -5.84. The van der Waals surface area contributed by atoms with Gasteiger partial charge in [0.05, 0.1) is 0 Å². The Morgan fingerprint density at radius 3 is 0.564 bits per heavy atom. The zero-order chi connectivity index (χ0) is 37.0. The van der Waals surface area contributed by atoms with Crippen LogP contribution in [0.15, 0.2) is 182 Å². The zero-order valence-electron chi connectivity index (χ0n) is 32.5. The number of rotatable bonds is 8. The molecule has 0 unspecified atom stereocenters. The van der Waals surface area contributed by atoms with Crippen molar-refractivity contribution in [1.29, 1.82) is 0 Å². The Labute approximate surface area is 374 Å². The number of hydrogen-bond acceptors (Lipinski definition) is 3. The van der Waals surface area contributed by atoms with E-state index in [1.165, 1.54) is 69.6 Å². The van der Waals surface area contributed by atoms with Gasteiger partial charge in [-0.1, -0.05) is 213 Å². The van der Waals surface area contributed by atoms with Gasteiger partial charge in [-0.2, -0.15) is 0 Å². The van der Waals surface area contributed by atoms with Gasteiger partial charge in [0.15, 0.2) is 0 Å². The van der Waals surface area contributed by atoms with Crippen molar-refractivity contribution in [2.24, 2.45) is 0 Å². The summed E-state index contributed by atoms with van der Waals surface area (Å²) in [5.41, 5.74) is 0. The first-order valence-corrected chi connectivity index (χ1v) is 23.5. The third-order valence-electron chi connectivity index (χ3n) is 9.97. The second-order valence-corrected chi connectivity index (χ2v) is 20.9. The van der Waals surface area contributed by atoms with Crippen LogP contribution in [0.3, 0.4) is 0 Å². The SMILES string of the molecule is C1CCOC1.C1CCOC1.C1CCOC1.[K+].c1ccc([Si]([N-][Si](c2ccccc2)(c2ccccc2)c2ccccc2)(c2ccccc2)c2ccccc2)cc1. The van der Waals surface area contributed by atoms with Crippen LogP contribution < -0.4 is 82.5 Å². The van der Waals surface area contributed by atoms with Crippen molar-refractivity contribution in [2.45, 2.75) is 38.5 Å². The van der Waals surface area contributed by atoms with E-state index in [4.69, 9.17) is 18.9 Å². The Bertz CT molecular complexity index is 1500. The average molecular weight is 788 g/mol. The van der Waals surface area contributed by atoms with Gasteiger partial charge in [-0.15, -0.1) is 0 Å². The maximum atomic E-state index is 6.44. The summed E-state index contributed by atoms with van der Waals surface area (Å²) in [6.07, 6.45) is 7.67. The molecule has 6 aromatic carbocycles. The minimum atomic E-state index is -2.92. The molecule has 278 valence electrons. The van der Waals surface area contributed by atoms with Gasteiger partial charge in [0.25, 0.3) is 0 Å². The quantitative estimate of drug-likeness (QED) is 0.173. The maximum Gasteiger partial charge on any atom is 1.00 e. The summed E-state index contributed by atoms with van der Waals surface area (Å²) >= 11 is 0. The average Bonchev–Trinajstić information content (AvgIpc) is 4.12. The Morgan fingerprint density at radius 2 is 0.436 bits per heavy atom. The van der Waals surface area contributed by atoms with Crippen molar-refractivity contribution in [1.82, 2.24) is 0 Å². The molecule has 0 saturated carbocycles. The van der Waals surface area contributed by atoms with Crippen molar-refractivity contribution >= 4 is 47.6 Å². The largest absolute Gasteiger partial charge is 1.00 e. The smallest absolute Gasteiger partial charge is 0.644 e. The molecule has 9 rings (SSSR count). The molecule has 7 heteroatoms. The van der Waals surface area contributed by atoms with E-state index in [-0.39, 0.29) is 51.4 Å². The summed E-state index contributed by atoms with van der Waals surface area (Å²) in [6, 6.07) is 66.0. The molecule has 3 fully saturated rings. The Hall–Kier alpha value is -2.77. The fraction of sp³-hybridized carbons (Fsp3) is 0.250. The van der Waals surface area contributed by atoms with Crippen LogP contribution in [-0.4, -0.2) is 56.1 Å². The first kappa shape index (κ1) is 43.4. The van der Waals surface area contributed by atoms with E-state index in [0.717, 1.165) is 39.6 Å². The molecule has 3 aliphatic rings. The molecule has 3 aliphatic heterocycles. The van der Waals surface area contributed by atoms with Gasteiger partial charge in [0, 0.05) is 56.1 Å². The van der Waals surface area contributed by atoms with Gasteiger partial charge in [0.2, 0.25) is 0 Å². The fourth-order valence-electron chi connectivity index (χ4n) is 7.25. The van der Waals surface area contributed by atoms with E-state index in [2.05, 4.69) is 182 Å². The van der Waals surface area contributed by atoms with Crippen LogP contribution in [-0.2, 0) is 14.2 Å². The van der Waals surface area contributed by atoms with Crippen LogP contribution in [0.25, 0.3) is 4.65 Å². The summed E-state index contributed by atoms with van der Waals surface area (Å²) in [4.78, 5) is 0. The normalized spacial score (nSPS) is 14.8. The monoisotopic (exact) mass is 787 g/mol. The molecule has 0 bridgehead atoms. The molecular weight excluding hydrogens is 734 g/mol. The molecule has 0 amide bonds. The summed E-state index contributed by atoms with van der Waals surface area (Å²) in [6.45, 7) is 6.00. The fourth-order valence-corrected chi connectivity index (χ4v) is 18.4. The minimum Gasteiger partial charge on any atom is -0.644 e. The zero-order valence-corrected chi connectivity index (χ0v) is 37.6. The van der Waals surface area contributed by atoms with E-state index in [1.54, 1.807) is 0 Å². The molecule has 4 nitrogen and oxygen atoms in total. The number of ether oxygens (including phenoxy) is 3. The van der Waals surface area contributed by atoms with Crippen LogP contribution in [0.5, 0.6) is 0 Å². The van der Waals surface area contributed by atoms with Crippen molar-refractivity contribution in [3.63, 3.8) is 0 Å². The third-order valence-corrected chi connectivity index (χ3v) is 19.7. The molecule has 0 aliphatic carbocycles. The van der Waals surface area contributed by atoms with E-state index in [0.29, 0.717) is 0 Å². The van der Waals surface area contributed by atoms with Crippen LogP contribution in [0.2, 0.25) is 0 Å². The van der Waals surface area contributed by atoms with E-state index in [9.17, 15) is 0 Å². The summed E-state index contributed by atoms with van der Waals surface area (Å²) < 4.78 is 21.3. The topological polar surface area (TPSA) is 41.8 Å². The second-order valence-electron chi connectivity index (χ2n) is 13.7. The molecule has 0 aromatic heterocycles. The summed E-state index contributed by atoms with van der Waals surface area (Å²) in [5.74, 6) is 0. The third kappa shape index (κ3) is 11.9. The van der Waals surface area contributed by atoms with Crippen LogP contribution in [0.1, 0.15) is 38.5 Å². The van der Waals surface area contributed by atoms with Gasteiger partial charge >= 0.3 is 51.4 Å². The van der Waals surface area contributed by atoms with Gasteiger partial charge in [-0.05, 0) is 38.5 Å². The molecule has 0 spiro atoms. The number of hydrogen-bond donors (Lipinski definition) is 0. The van der Waals surface area contributed by atoms with E-state index < -0.39 is 16.5 Å². The van der Waals surface area contributed by atoms with Gasteiger partial charge in [-0.25, -0.2) is 0 Å². The van der Waals surface area contributed by atoms with Gasteiger partial charge < -0.3 is 18.9 Å². The number of nitrogens with zero attached hydrogens (tertiary/aromatic N) is 1. The Morgan fingerprint density at radius 1 is 0.273 bits per heavy atom. The first-order valence-electron chi connectivity index (χ1n) is 19.6. The van der Waals surface area contributed by atoms with Crippen molar-refractivity contribution in [3.05, 3.63) is 187 Å². The minimum absolute atomic E-state index is 0. The van der Waals surface area contributed by atoms with Crippen LogP contribution in [0.4, 0.5) is 0 Å². The van der Waals surface area contributed by atoms with E-state index in [1.807, 2.05) is 0 Å². The van der Waals surface area contributed by atoms with Gasteiger partial charge in [0.1, 0.15) is 0 Å². The van der Waals surface area contributed by atoms with Crippen LogP contribution >= 0.6 is 0 Å². The molecule has 3 saturated heterocycles. The standard InChI is InChI=1S/C36H30NSi2.3C4H8O.K/c1-7-19-31(20-8-1)38(32-21-9-2-10-22-32,33-23-11-3-12-24-33)37-39(34-25-13-4-14-26-34,35-27-15-5-16-28-35)36-29-17-6-18-30-36;3*1-2-4-5-3-1;/h1-30H;3*1-4H2;/q-1;;;;+1. The second kappa shape index (κ2) is 24.1. The predicted molar refractivity (Wildman–Crippen MR) is 231 cm³/mol. The van der Waals surface area contributed by atoms with Gasteiger partial charge in [-0.3, -0.25) is 0 Å². The molecular formula is C48H54KNO3Si2. The Balaban J connectivity index is 0.000000300.